The number of carbonyl (C=O) groups excluding carboxylic acids is 1. The number of likely N-dealkylation sites (N-methyl/N-ethyl adjacent to an activating group) is 1. The van der Waals surface area contributed by atoms with E-state index in [0.29, 0.717) is 13.0 Å². The van der Waals surface area contributed by atoms with Gasteiger partial charge in [-0.3, -0.25) is 4.79 Å². The van der Waals surface area contributed by atoms with Gasteiger partial charge in [0.25, 0.3) is 0 Å². The predicted molar refractivity (Wildman–Crippen MR) is 65.1 cm³/mol. The minimum absolute atomic E-state index is 0.173. The Kier molecular flexibility index (Phi) is 5.81. The van der Waals surface area contributed by atoms with Crippen molar-refractivity contribution in [3.05, 3.63) is 0 Å². The molecule has 1 unspecified atom stereocenters. The van der Waals surface area contributed by atoms with Crippen LogP contribution >= 0.6 is 0 Å². The lowest BCUT2D eigenvalue weighted by atomic mass is 9.86. The Morgan fingerprint density at radius 1 is 1.38 bits per heavy atom. The molecule has 1 aliphatic carbocycles. The molecule has 0 heterocycles. The van der Waals surface area contributed by atoms with Crippen molar-refractivity contribution in [2.75, 3.05) is 13.6 Å². The monoisotopic (exact) mass is 227 g/mol. The van der Waals surface area contributed by atoms with Gasteiger partial charge in [-0.15, -0.1) is 0 Å². The highest BCUT2D eigenvalue weighted by Gasteiger charge is 2.16. The number of carbonyl (C=O) groups is 1. The van der Waals surface area contributed by atoms with Crippen LogP contribution in [0, 0.1) is 5.92 Å². The third-order valence-electron chi connectivity index (χ3n) is 3.46. The summed E-state index contributed by atoms with van der Waals surface area (Å²) in [5, 5.41) is 9.19. The lowest BCUT2D eigenvalue weighted by Gasteiger charge is -2.23. The Labute approximate surface area is 98.8 Å². The highest BCUT2D eigenvalue weighted by atomic mass is 16.3. The largest absolute Gasteiger partial charge is 0.392 e. The van der Waals surface area contributed by atoms with E-state index in [1.54, 1.807) is 18.9 Å². The molecule has 0 bridgehead atoms. The summed E-state index contributed by atoms with van der Waals surface area (Å²) >= 11 is 0. The van der Waals surface area contributed by atoms with E-state index in [2.05, 4.69) is 0 Å². The number of hydrogen-bond donors (Lipinski definition) is 1. The fourth-order valence-corrected chi connectivity index (χ4v) is 2.49. The summed E-state index contributed by atoms with van der Waals surface area (Å²) in [6.45, 7) is 2.16. The van der Waals surface area contributed by atoms with E-state index in [0.717, 1.165) is 12.3 Å². The number of rotatable bonds is 5. The molecule has 1 N–H and O–H groups in total. The second-order valence-electron chi connectivity index (χ2n) is 5.17. The fraction of sp³-hybridized carbons (Fsp3) is 0.923. The van der Waals surface area contributed by atoms with E-state index >= 15 is 0 Å². The summed E-state index contributed by atoms with van der Waals surface area (Å²) in [5.74, 6) is 0.934. The van der Waals surface area contributed by atoms with Crippen LogP contribution in [0.2, 0.25) is 0 Å². The van der Waals surface area contributed by atoms with Crippen LogP contribution in [-0.4, -0.2) is 35.6 Å². The SMILES string of the molecule is CC(O)CN(C)C(=O)CCC1CCCCC1. The normalized spacial score (nSPS) is 19.4. The molecule has 0 spiro atoms. The summed E-state index contributed by atoms with van der Waals surface area (Å²) in [6.07, 6.45) is 7.89. The van der Waals surface area contributed by atoms with E-state index in [4.69, 9.17) is 0 Å². The molecule has 3 heteroatoms. The maximum Gasteiger partial charge on any atom is 0.222 e. The molecule has 1 fully saturated rings. The fourth-order valence-electron chi connectivity index (χ4n) is 2.49. The minimum Gasteiger partial charge on any atom is -0.392 e. The lowest BCUT2D eigenvalue weighted by molar-refractivity contribution is -0.131. The van der Waals surface area contributed by atoms with Gasteiger partial charge in [-0.05, 0) is 19.3 Å². The number of hydrogen-bond acceptors (Lipinski definition) is 2. The van der Waals surface area contributed by atoms with Gasteiger partial charge in [-0.25, -0.2) is 0 Å². The molecule has 0 aromatic carbocycles. The summed E-state index contributed by atoms with van der Waals surface area (Å²) in [5.41, 5.74) is 0. The van der Waals surface area contributed by atoms with Crippen LogP contribution in [-0.2, 0) is 4.79 Å². The Morgan fingerprint density at radius 3 is 2.56 bits per heavy atom. The van der Waals surface area contributed by atoms with Crippen molar-refractivity contribution in [3.63, 3.8) is 0 Å². The zero-order chi connectivity index (χ0) is 12.0. The van der Waals surface area contributed by atoms with Gasteiger partial charge in [-0.1, -0.05) is 32.1 Å². The van der Waals surface area contributed by atoms with Crippen LogP contribution in [0.4, 0.5) is 0 Å². The van der Waals surface area contributed by atoms with Crippen LogP contribution in [0.3, 0.4) is 0 Å². The topological polar surface area (TPSA) is 40.5 Å². The first-order valence-corrected chi connectivity index (χ1v) is 6.51. The van der Waals surface area contributed by atoms with Crippen molar-refractivity contribution < 1.29 is 9.90 Å². The Morgan fingerprint density at radius 2 is 2.00 bits per heavy atom. The minimum atomic E-state index is -0.427. The average molecular weight is 227 g/mol. The second kappa shape index (κ2) is 6.89. The summed E-state index contributed by atoms with van der Waals surface area (Å²) in [4.78, 5) is 13.4. The Hall–Kier alpha value is -0.570. The molecular weight excluding hydrogens is 202 g/mol. The molecule has 0 saturated heterocycles. The molecular formula is C13H25NO2. The third kappa shape index (κ3) is 4.97. The van der Waals surface area contributed by atoms with E-state index in [1.165, 1.54) is 32.1 Å². The number of amides is 1. The molecule has 94 valence electrons. The van der Waals surface area contributed by atoms with E-state index in [-0.39, 0.29) is 5.91 Å². The van der Waals surface area contributed by atoms with Crippen molar-refractivity contribution in [3.8, 4) is 0 Å². The van der Waals surface area contributed by atoms with Gasteiger partial charge < -0.3 is 10.0 Å². The van der Waals surface area contributed by atoms with Crippen molar-refractivity contribution >= 4 is 5.91 Å². The van der Waals surface area contributed by atoms with Gasteiger partial charge in [0.1, 0.15) is 0 Å². The van der Waals surface area contributed by atoms with Crippen molar-refractivity contribution in [1.82, 2.24) is 4.90 Å². The Bertz CT molecular complexity index is 210. The van der Waals surface area contributed by atoms with E-state index < -0.39 is 6.10 Å². The van der Waals surface area contributed by atoms with Crippen molar-refractivity contribution in [1.29, 1.82) is 0 Å². The second-order valence-corrected chi connectivity index (χ2v) is 5.17. The standard InChI is InChI=1S/C13H25NO2/c1-11(15)10-14(2)13(16)9-8-12-6-4-3-5-7-12/h11-12,15H,3-10H2,1-2H3. The molecule has 0 aliphatic heterocycles. The first kappa shape index (κ1) is 13.5. The van der Waals surface area contributed by atoms with E-state index in [1.807, 2.05) is 0 Å². The summed E-state index contributed by atoms with van der Waals surface area (Å²) < 4.78 is 0. The van der Waals surface area contributed by atoms with Gasteiger partial charge in [-0.2, -0.15) is 0 Å². The van der Waals surface area contributed by atoms with Crippen LogP contribution < -0.4 is 0 Å². The van der Waals surface area contributed by atoms with Crippen molar-refractivity contribution in [2.45, 2.75) is 58.0 Å². The third-order valence-corrected chi connectivity index (χ3v) is 3.46. The average Bonchev–Trinajstić information content (AvgIpc) is 2.26. The van der Waals surface area contributed by atoms with Gasteiger partial charge in [0.05, 0.1) is 6.10 Å². The molecule has 1 amide bonds. The van der Waals surface area contributed by atoms with Crippen LogP contribution in [0.25, 0.3) is 0 Å². The summed E-state index contributed by atoms with van der Waals surface area (Å²) in [6, 6.07) is 0. The molecule has 0 aromatic rings. The summed E-state index contributed by atoms with van der Waals surface area (Å²) in [7, 11) is 1.77. The molecule has 1 aliphatic rings. The van der Waals surface area contributed by atoms with Gasteiger partial charge in [0.2, 0.25) is 5.91 Å². The molecule has 1 rings (SSSR count). The number of aliphatic hydroxyl groups is 1. The van der Waals surface area contributed by atoms with Gasteiger partial charge in [0.15, 0.2) is 0 Å². The highest BCUT2D eigenvalue weighted by molar-refractivity contribution is 5.75. The quantitative estimate of drug-likeness (QED) is 0.782. The first-order valence-electron chi connectivity index (χ1n) is 6.51. The Balaban J connectivity index is 2.17. The molecule has 1 atom stereocenters. The molecule has 3 nitrogen and oxygen atoms in total. The molecule has 0 aromatic heterocycles. The maximum absolute atomic E-state index is 11.7. The molecule has 1 saturated carbocycles. The number of aliphatic hydroxyl groups excluding tert-OH is 1. The van der Waals surface area contributed by atoms with E-state index in [9.17, 15) is 9.90 Å². The first-order chi connectivity index (χ1) is 7.59. The zero-order valence-electron chi connectivity index (χ0n) is 10.6. The van der Waals surface area contributed by atoms with Gasteiger partial charge in [0, 0.05) is 20.0 Å². The lowest BCUT2D eigenvalue weighted by Crippen LogP contribution is -2.33. The van der Waals surface area contributed by atoms with Crippen LogP contribution in [0.5, 0.6) is 0 Å². The van der Waals surface area contributed by atoms with Crippen LogP contribution in [0.1, 0.15) is 51.9 Å². The smallest absolute Gasteiger partial charge is 0.222 e. The van der Waals surface area contributed by atoms with Gasteiger partial charge >= 0.3 is 0 Å². The molecule has 16 heavy (non-hydrogen) atoms. The number of nitrogens with zero attached hydrogens (tertiary/aromatic N) is 1. The zero-order valence-corrected chi connectivity index (χ0v) is 10.6. The maximum atomic E-state index is 11.7. The van der Waals surface area contributed by atoms with Crippen LogP contribution in [0.15, 0.2) is 0 Å². The highest BCUT2D eigenvalue weighted by Crippen LogP contribution is 2.27. The molecule has 0 radical (unpaired) electrons. The predicted octanol–water partition coefficient (Wildman–Crippen LogP) is 2.19. The van der Waals surface area contributed by atoms with Crippen molar-refractivity contribution in [2.24, 2.45) is 5.92 Å².